The monoisotopic (exact) mass is 535 g/mol. The minimum Gasteiger partial charge on any atom is -0.394 e. The fourth-order valence-corrected chi connectivity index (χ4v) is 4.84. The van der Waals surface area contributed by atoms with E-state index in [-0.39, 0.29) is 12.5 Å². The van der Waals surface area contributed by atoms with Gasteiger partial charge in [0.25, 0.3) is 0 Å². The summed E-state index contributed by atoms with van der Waals surface area (Å²) in [5.74, 6) is -0.0789. The zero-order valence-electron chi connectivity index (χ0n) is 25.4. The number of carbonyl (C=O) groups excluding carboxylic acids is 1. The molecule has 4 nitrogen and oxygen atoms in total. The lowest BCUT2D eigenvalue weighted by Gasteiger charge is -2.19. The minimum atomic E-state index is -0.854. The van der Waals surface area contributed by atoms with Gasteiger partial charge in [-0.3, -0.25) is 4.79 Å². The van der Waals surface area contributed by atoms with Gasteiger partial charge in [0, 0.05) is 6.42 Å². The van der Waals surface area contributed by atoms with E-state index in [4.69, 9.17) is 0 Å². The van der Waals surface area contributed by atoms with Crippen molar-refractivity contribution in [1.29, 1.82) is 0 Å². The van der Waals surface area contributed by atoms with Gasteiger partial charge in [-0.2, -0.15) is 0 Å². The van der Waals surface area contributed by atoms with Crippen LogP contribution in [-0.4, -0.2) is 34.9 Å². The number of hydrogen-bond acceptors (Lipinski definition) is 3. The second-order valence-electron chi connectivity index (χ2n) is 11.2. The Morgan fingerprint density at radius 3 is 1.53 bits per heavy atom. The number of aliphatic hydroxyl groups is 2. The molecule has 1 amide bonds. The summed E-state index contributed by atoms with van der Waals surface area (Å²) in [7, 11) is 0. The Balaban J connectivity index is 3.69. The molecular formula is C34H65NO3. The van der Waals surface area contributed by atoms with Crippen LogP contribution in [0.2, 0.25) is 0 Å². The van der Waals surface area contributed by atoms with Gasteiger partial charge in [-0.25, -0.2) is 0 Å². The Kier molecular flexibility index (Phi) is 29.5. The molecule has 0 aliphatic rings. The van der Waals surface area contributed by atoms with E-state index < -0.39 is 12.1 Å². The van der Waals surface area contributed by atoms with Gasteiger partial charge in [-0.1, -0.05) is 154 Å². The molecule has 0 spiro atoms. The fraction of sp³-hybridized carbons (Fsp3) is 0.853. The molecule has 38 heavy (non-hydrogen) atoms. The van der Waals surface area contributed by atoms with Gasteiger partial charge in [-0.15, -0.1) is 0 Å². The van der Waals surface area contributed by atoms with Crippen LogP contribution in [0.5, 0.6) is 0 Å². The molecule has 0 aromatic carbocycles. The Morgan fingerprint density at radius 2 is 1.03 bits per heavy atom. The van der Waals surface area contributed by atoms with Crippen molar-refractivity contribution >= 4 is 5.91 Å². The first-order valence-electron chi connectivity index (χ1n) is 16.6. The van der Waals surface area contributed by atoms with Crippen LogP contribution in [0.3, 0.4) is 0 Å². The standard InChI is InChI=1S/C34H65NO3/c1-3-5-7-9-11-13-14-15-16-17-18-19-20-22-23-25-27-29-33(37)32(31-36)35-34(38)30-28-26-24-21-12-10-8-6-4-2/h20,22,27,29,32-33,36-37H,3-19,21,23-26,28,30-31H2,1-2H3,(H,35,38). The average Bonchev–Trinajstić information content (AvgIpc) is 2.92. The summed E-state index contributed by atoms with van der Waals surface area (Å²) in [4.78, 5) is 12.2. The second-order valence-corrected chi connectivity index (χ2v) is 11.2. The molecule has 0 saturated heterocycles. The number of unbranched alkanes of at least 4 members (excludes halogenated alkanes) is 20. The van der Waals surface area contributed by atoms with E-state index in [1.54, 1.807) is 6.08 Å². The zero-order valence-corrected chi connectivity index (χ0v) is 25.4. The Morgan fingerprint density at radius 1 is 0.605 bits per heavy atom. The predicted molar refractivity (Wildman–Crippen MR) is 165 cm³/mol. The molecule has 2 atom stereocenters. The van der Waals surface area contributed by atoms with E-state index in [0.717, 1.165) is 32.1 Å². The third-order valence-corrected chi connectivity index (χ3v) is 7.44. The van der Waals surface area contributed by atoms with Gasteiger partial charge >= 0.3 is 0 Å². The highest BCUT2D eigenvalue weighted by Crippen LogP contribution is 2.13. The van der Waals surface area contributed by atoms with Crippen molar-refractivity contribution in [3.63, 3.8) is 0 Å². The van der Waals surface area contributed by atoms with E-state index in [9.17, 15) is 15.0 Å². The molecule has 0 aliphatic carbocycles. The average molecular weight is 536 g/mol. The third kappa shape index (κ3) is 26.5. The Hall–Kier alpha value is -1.13. The molecule has 224 valence electrons. The number of nitrogens with one attached hydrogen (secondary N) is 1. The highest BCUT2D eigenvalue weighted by atomic mass is 16.3. The number of aliphatic hydroxyl groups excluding tert-OH is 2. The molecule has 0 fully saturated rings. The van der Waals surface area contributed by atoms with Crippen molar-refractivity contribution in [3.05, 3.63) is 24.3 Å². The molecule has 0 aromatic rings. The lowest BCUT2D eigenvalue weighted by molar-refractivity contribution is -0.123. The van der Waals surface area contributed by atoms with Gasteiger partial charge in [0.1, 0.15) is 0 Å². The lowest BCUT2D eigenvalue weighted by atomic mass is 10.1. The van der Waals surface area contributed by atoms with Crippen LogP contribution in [0.4, 0.5) is 0 Å². The van der Waals surface area contributed by atoms with Crippen LogP contribution in [0.25, 0.3) is 0 Å². The molecule has 4 heteroatoms. The zero-order chi connectivity index (χ0) is 27.9. The second kappa shape index (κ2) is 30.4. The number of amides is 1. The normalized spacial score (nSPS) is 13.5. The smallest absolute Gasteiger partial charge is 0.220 e. The molecule has 0 bridgehead atoms. The lowest BCUT2D eigenvalue weighted by Crippen LogP contribution is -2.45. The van der Waals surface area contributed by atoms with Crippen LogP contribution < -0.4 is 5.32 Å². The number of carbonyl (C=O) groups is 1. The summed E-state index contributed by atoms with van der Waals surface area (Å²) in [6.07, 6.45) is 36.9. The van der Waals surface area contributed by atoms with Gasteiger partial charge < -0.3 is 15.5 Å². The predicted octanol–water partition coefficient (Wildman–Crippen LogP) is 9.34. The highest BCUT2D eigenvalue weighted by Gasteiger charge is 2.17. The van der Waals surface area contributed by atoms with Crippen LogP contribution in [-0.2, 0) is 4.79 Å². The molecule has 0 aromatic heterocycles. The van der Waals surface area contributed by atoms with Gasteiger partial charge in [-0.05, 0) is 32.1 Å². The van der Waals surface area contributed by atoms with E-state index in [1.807, 2.05) is 6.08 Å². The molecule has 2 unspecified atom stereocenters. The molecule has 0 heterocycles. The van der Waals surface area contributed by atoms with Gasteiger partial charge in [0.05, 0.1) is 18.8 Å². The highest BCUT2D eigenvalue weighted by molar-refractivity contribution is 5.76. The Bertz CT molecular complexity index is 546. The van der Waals surface area contributed by atoms with E-state index in [0.29, 0.717) is 6.42 Å². The van der Waals surface area contributed by atoms with Crippen LogP contribution >= 0.6 is 0 Å². The maximum absolute atomic E-state index is 12.2. The topological polar surface area (TPSA) is 69.6 Å². The van der Waals surface area contributed by atoms with E-state index in [1.165, 1.54) is 116 Å². The van der Waals surface area contributed by atoms with Crippen LogP contribution in [0.15, 0.2) is 24.3 Å². The van der Waals surface area contributed by atoms with E-state index >= 15 is 0 Å². The largest absolute Gasteiger partial charge is 0.394 e. The molecule has 0 saturated carbocycles. The molecule has 0 aliphatic heterocycles. The minimum absolute atomic E-state index is 0.0789. The SMILES string of the molecule is CCCCCCCCCCCCCC=CCCC=CC(O)C(CO)NC(=O)CCCCCCCCCCC. The fourth-order valence-electron chi connectivity index (χ4n) is 4.84. The van der Waals surface area contributed by atoms with Crippen molar-refractivity contribution in [2.24, 2.45) is 0 Å². The molecular weight excluding hydrogens is 470 g/mol. The summed E-state index contributed by atoms with van der Waals surface area (Å²) >= 11 is 0. The van der Waals surface area contributed by atoms with Crippen molar-refractivity contribution in [2.45, 2.75) is 180 Å². The molecule has 0 rings (SSSR count). The first kappa shape index (κ1) is 36.9. The quantitative estimate of drug-likeness (QED) is 0.0660. The maximum Gasteiger partial charge on any atom is 0.220 e. The van der Waals surface area contributed by atoms with Gasteiger partial charge in [0.15, 0.2) is 0 Å². The molecule has 0 radical (unpaired) electrons. The third-order valence-electron chi connectivity index (χ3n) is 7.44. The molecule has 3 N–H and O–H groups in total. The summed E-state index contributed by atoms with van der Waals surface area (Å²) in [6.45, 7) is 4.26. The van der Waals surface area contributed by atoms with Gasteiger partial charge in [0.2, 0.25) is 5.91 Å². The number of rotatable bonds is 29. The van der Waals surface area contributed by atoms with E-state index in [2.05, 4.69) is 31.3 Å². The number of allylic oxidation sites excluding steroid dienone is 3. The summed E-state index contributed by atoms with van der Waals surface area (Å²) < 4.78 is 0. The van der Waals surface area contributed by atoms with Crippen molar-refractivity contribution in [1.82, 2.24) is 5.32 Å². The van der Waals surface area contributed by atoms with Crippen molar-refractivity contribution in [2.75, 3.05) is 6.61 Å². The van der Waals surface area contributed by atoms with Crippen LogP contribution in [0.1, 0.15) is 168 Å². The summed E-state index contributed by atoms with van der Waals surface area (Å²) in [5.41, 5.74) is 0. The number of hydrogen-bond donors (Lipinski definition) is 3. The first-order valence-corrected chi connectivity index (χ1v) is 16.6. The first-order chi connectivity index (χ1) is 18.7. The van der Waals surface area contributed by atoms with Crippen molar-refractivity contribution < 1.29 is 15.0 Å². The van der Waals surface area contributed by atoms with Crippen LogP contribution in [0, 0.1) is 0 Å². The van der Waals surface area contributed by atoms with Crippen molar-refractivity contribution in [3.8, 4) is 0 Å². The summed E-state index contributed by atoms with van der Waals surface area (Å²) in [5, 5.41) is 22.7. The maximum atomic E-state index is 12.2. The Labute approximate surface area is 237 Å². The summed E-state index contributed by atoms with van der Waals surface area (Å²) in [6, 6.07) is -0.631.